The summed E-state index contributed by atoms with van der Waals surface area (Å²) in [7, 11) is 1.72. The fraction of sp³-hybridized carbons (Fsp3) is 0.571. The molecule has 0 heterocycles. The van der Waals surface area contributed by atoms with Crippen molar-refractivity contribution in [2.75, 3.05) is 19.5 Å². The molecule has 0 saturated carbocycles. The minimum atomic E-state index is 0.119. The Morgan fingerprint density at radius 3 is 2.67 bits per heavy atom. The van der Waals surface area contributed by atoms with Crippen molar-refractivity contribution in [3.8, 4) is 0 Å². The third-order valence-corrected chi connectivity index (χ3v) is 3.68. The molecule has 0 saturated heterocycles. The van der Waals surface area contributed by atoms with Gasteiger partial charge in [0.1, 0.15) is 0 Å². The van der Waals surface area contributed by atoms with Crippen LogP contribution < -0.4 is 5.32 Å². The maximum Gasteiger partial charge on any atom is 0.0556 e. The number of ether oxygens (including phenoxy) is 1. The Labute approximate surface area is 119 Å². The largest absolute Gasteiger partial charge is 0.384 e. The van der Waals surface area contributed by atoms with Crippen LogP contribution in [0.2, 0.25) is 5.02 Å². The zero-order chi connectivity index (χ0) is 13.6. The second kappa shape index (κ2) is 7.39. The first-order valence-electron chi connectivity index (χ1n) is 6.07. The van der Waals surface area contributed by atoms with E-state index in [-0.39, 0.29) is 5.54 Å². The molecule has 0 aliphatic carbocycles. The van der Waals surface area contributed by atoms with E-state index in [2.05, 4.69) is 32.2 Å². The number of nitrogens with one attached hydrogen (secondary N) is 1. The lowest BCUT2D eigenvalue weighted by Gasteiger charge is -2.21. The second-order valence-corrected chi connectivity index (χ2v) is 6.77. The molecule has 0 aliphatic heterocycles. The first-order chi connectivity index (χ1) is 8.42. The highest BCUT2D eigenvalue weighted by atomic mass is 35.5. The molecule has 4 heteroatoms. The van der Waals surface area contributed by atoms with E-state index in [4.69, 9.17) is 16.3 Å². The lowest BCUT2D eigenvalue weighted by atomic mass is 10.1. The minimum absolute atomic E-state index is 0.119. The molecule has 0 fully saturated rings. The average molecular weight is 288 g/mol. The van der Waals surface area contributed by atoms with Gasteiger partial charge in [-0.15, -0.1) is 11.8 Å². The molecule has 1 rings (SSSR count). The van der Waals surface area contributed by atoms with Crippen LogP contribution in [0.5, 0.6) is 0 Å². The predicted octanol–water partition coefficient (Wildman–Crippen LogP) is 3.97. The van der Waals surface area contributed by atoms with Crippen molar-refractivity contribution >= 4 is 23.4 Å². The number of methoxy groups -OCH3 is 1. The van der Waals surface area contributed by atoms with Gasteiger partial charge in [0, 0.05) is 34.9 Å². The van der Waals surface area contributed by atoms with Crippen LogP contribution in [0.3, 0.4) is 0 Å². The van der Waals surface area contributed by atoms with Gasteiger partial charge in [-0.25, -0.2) is 0 Å². The molecule has 0 radical (unpaired) electrons. The summed E-state index contributed by atoms with van der Waals surface area (Å²) in [4.78, 5) is 1.23. The van der Waals surface area contributed by atoms with E-state index in [1.54, 1.807) is 18.9 Å². The first kappa shape index (κ1) is 15.8. The van der Waals surface area contributed by atoms with Crippen molar-refractivity contribution in [1.29, 1.82) is 0 Å². The van der Waals surface area contributed by atoms with Gasteiger partial charge in [-0.05, 0) is 38.5 Å². The third-order valence-electron chi connectivity index (χ3n) is 2.38. The Kier molecular flexibility index (Phi) is 6.50. The van der Waals surface area contributed by atoms with Crippen LogP contribution in [-0.4, -0.2) is 25.0 Å². The average Bonchev–Trinajstić information content (AvgIpc) is 2.27. The van der Waals surface area contributed by atoms with Gasteiger partial charge in [0.25, 0.3) is 0 Å². The molecule has 0 unspecified atom stereocenters. The third kappa shape index (κ3) is 6.10. The highest BCUT2D eigenvalue weighted by molar-refractivity contribution is 7.99. The van der Waals surface area contributed by atoms with E-state index in [0.717, 1.165) is 23.9 Å². The summed E-state index contributed by atoms with van der Waals surface area (Å²) in [6, 6.07) is 6.07. The van der Waals surface area contributed by atoms with Crippen LogP contribution in [0.4, 0.5) is 0 Å². The SMILES string of the molecule is COCCSc1cc(Cl)ccc1CNC(C)(C)C. The second-order valence-electron chi connectivity index (χ2n) is 5.20. The molecule has 0 aliphatic rings. The monoisotopic (exact) mass is 287 g/mol. The van der Waals surface area contributed by atoms with E-state index in [1.807, 2.05) is 12.1 Å². The lowest BCUT2D eigenvalue weighted by Crippen LogP contribution is -2.35. The zero-order valence-corrected chi connectivity index (χ0v) is 13.1. The fourth-order valence-corrected chi connectivity index (χ4v) is 2.65. The van der Waals surface area contributed by atoms with Crippen LogP contribution in [0.15, 0.2) is 23.1 Å². The van der Waals surface area contributed by atoms with Crippen LogP contribution in [0.25, 0.3) is 0 Å². The number of halogens is 1. The van der Waals surface area contributed by atoms with Crippen LogP contribution in [-0.2, 0) is 11.3 Å². The molecule has 102 valence electrons. The molecule has 1 aromatic carbocycles. The molecule has 0 bridgehead atoms. The highest BCUT2D eigenvalue weighted by Crippen LogP contribution is 2.26. The summed E-state index contributed by atoms with van der Waals surface area (Å²) in [5.41, 5.74) is 1.41. The predicted molar refractivity (Wildman–Crippen MR) is 80.6 cm³/mol. The number of hydrogen-bond donors (Lipinski definition) is 1. The summed E-state index contributed by atoms with van der Waals surface area (Å²) in [6.07, 6.45) is 0. The van der Waals surface area contributed by atoms with Crippen molar-refractivity contribution in [2.24, 2.45) is 0 Å². The summed E-state index contributed by atoms with van der Waals surface area (Å²) in [5.74, 6) is 0.944. The first-order valence-corrected chi connectivity index (χ1v) is 7.44. The Hall–Kier alpha value is -0.220. The summed E-state index contributed by atoms with van der Waals surface area (Å²) in [5, 5.41) is 4.29. The van der Waals surface area contributed by atoms with Crippen molar-refractivity contribution < 1.29 is 4.74 Å². The number of thioether (sulfide) groups is 1. The lowest BCUT2D eigenvalue weighted by molar-refractivity contribution is 0.218. The molecule has 0 spiro atoms. The van der Waals surface area contributed by atoms with Crippen molar-refractivity contribution in [1.82, 2.24) is 5.32 Å². The van der Waals surface area contributed by atoms with Crippen molar-refractivity contribution in [3.05, 3.63) is 28.8 Å². The quantitative estimate of drug-likeness (QED) is 0.632. The van der Waals surface area contributed by atoms with Gasteiger partial charge in [0.15, 0.2) is 0 Å². The van der Waals surface area contributed by atoms with Gasteiger partial charge in [-0.1, -0.05) is 17.7 Å². The number of benzene rings is 1. The molecule has 2 nitrogen and oxygen atoms in total. The normalized spacial score (nSPS) is 11.8. The number of rotatable bonds is 6. The van der Waals surface area contributed by atoms with E-state index < -0.39 is 0 Å². The van der Waals surface area contributed by atoms with Crippen LogP contribution in [0.1, 0.15) is 26.3 Å². The van der Waals surface area contributed by atoms with E-state index in [0.29, 0.717) is 0 Å². The van der Waals surface area contributed by atoms with Gasteiger partial charge < -0.3 is 10.1 Å². The molecule has 0 atom stereocenters. The fourth-order valence-electron chi connectivity index (χ4n) is 1.40. The van der Waals surface area contributed by atoms with Crippen molar-refractivity contribution in [3.63, 3.8) is 0 Å². The number of hydrogen-bond acceptors (Lipinski definition) is 3. The van der Waals surface area contributed by atoms with E-state index >= 15 is 0 Å². The highest BCUT2D eigenvalue weighted by Gasteiger charge is 2.11. The minimum Gasteiger partial charge on any atom is -0.384 e. The Balaban J connectivity index is 2.70. The topological polar surface area (TPSA) is 21.3 Å². The van der Waals surface area contributed by atoms with E-state index in [1.165, 1.54) is 10.5 Å². The van der Waals surface area contributed by atoms with E-state index in [9.17, 15) is 0 Å². The Morgan fingerprint density at radius 1 is 1.33 bits per heavy atom. The molecular weight excluding hydrogens is 266 g/mol. The van der Waals surface area contributed by atoms with Gasteiger partial charge in [-0.3, -0.25) is 0 Å². The summed E-state index contributed by atoms with van der Waals surface area (Å²) >= 11 is 7.84. The maximum absolute atomic E-state index is 6.05. The standard InChI is InChI=1S/C14H22ClNOS/c1-14(2,3)16-10-11-5-6-12(15)9-13(11)18-8-7-17-4/h5-6,9,16H,7-8,10H2,1-4H3. The van der Waals surface area contributed by atoms with Crippen LogP contribution >= 0.6 is 23.4 Å². The Morgan fingerprint density at radius 2 is 2.06 bits per heavy atom. The van der Waals surface area contributed by atoms with Gasteiger partial charge in [0.05, 0.1) is 6.61 Å². The molecule has 0 amide bonds. The summed E-state index contributed by atoms with van der Waals surface area (Å²) in [6.45, 7) is 8.11. The Bertz CT molecular complexity index is 377. The smallest absolute Gasteiger partial charge is 0.0556 e. The molecular formula is C14H22ClNOS. The summed E-state index contributed by atoms with van der Waals surface area (Å²) < 4.78 is 5.08. The van der Waals surface area contributed by atoms with Gasteiger partial charge in [-0.2, -0.15) is 0 Å². The zero-order valence-electron chi connectivity index (χ0n) is 11.5. The van der Waals surface area contributed by atoms with Gasteiger partial charge in [0.2, 0.25) is 0 Å². The molecule has 1 N–H and O–H groups in total. The molecule has 0 aromatic heterocycles. The molecule has 1 aromatic rings. The van der Waals surface area contributed by atoms with Crippen LogP contribution in [0, 0.1) is 0 Å². The molecule has 18 heavy (non-hydrogen) atoms. The van der Waals surface area contributed by atoms with Crippen molar-refractivity contribution in [2.45, 2.75) is 37.8 Å². The van der Waals surface area contributed by atoms with Gasteiger partial charge >= 0.3 is 0 Å². The maximum atomic E-state index is 6.05.